The summed E-state index contributed by atoms with van der Waals surface area (Å²) in [6.07, 6.45) is 3.81. The van der Waals surface area contributed by atoms with E-state index in [2.05, 4.69) is 43.5 Å². The lowest BCUT2D eigenvalue weighted by Crippen LogP contribution is -2.45. The summed E-state index contributed by atoms with van der Waals surface area (Å²) in [7, 11) is 0. The van der Waals surface area contributed by atoms with Gasteiger partial charge in [0.15, 0.2) is 0 Å². The highest BCUT2D eigenvalue weighted by Crippen LogP contribution is 2.28. The van der Waals surface area contributed by atoms with E-state index < -0.39 is 0 Å². The third-order valence-electron chi connectivity index (χ3n) is 4.11. The van der Waals surface area contributed by atoms with Gasteiger partial charge in [0, 0.05) is 60.9 Å². The normalized spacial score (nSPS) is 18.2. The molecular weight excluding hydrogens is 360 g/mol. The number of thiophene rings is 1. The Bertz CT molecular complexity index is 745. The van der Waals surface area contributed by atoms with Crippen molar-refractivity contribution in [1.29, 1.82) is 0 Å². The summed E-state index contributed by atoms with van der Waals surface area (Å²) in [6.45, 7) is 3.91. The molecule has 1 atom stereocenters. The topological polar surface area (TPSA) is 41.1 Å². The van der Waals surface area contributed by atoms with Crippen LogP contribution in [-0.2, 0) is 6.54 Å². The van der Waals surface area contributed by atoms with Gasteiger partial charge in [0.2, 0.25) is 0 Å². The number of aromatic nitrogens is 2. The molecule has 4 nitrogen and oxygen atoms in total. The highest BCUT2D eigenvalue weighted by atomic mass is 35.5. The van der Waals surface area contributed by atoms with Crippen LogP contribution in [-0.4, -0.2) is 34.5 Å². The molecule has 7 heteroatoms. The first kappa shape index (κ1) is 17.5. The van der Waals surface area contributed by atoms with Crippen molar-refractivity contribution in [3.63, 3.8) is 0 Å². The van der Waals surface area contributed by atoms with Crippen LogP contribution >= 0.6 is 35.1 Å². The van der Waals surface area contributed by atoms with Crippen LogP contribution in [0.5, 0.6) is 0 Å². The van der Waals surface area contributed by atoms with Crippen molar-refractivity contribution in [2.24, 2.45) is 0 Å². The van der Waals surface area contributed by atoms with Crippen molar-refractivity contribution in [3.8, 4) is 10.6 Å². The number of hydrogen-bond donors (Lipinski definition) is 1. The largest absolute Gasteiger partial charge is 0.314 e. The molecule has 1 saturated heterocycles. The van der Waals surface area contributed by atoms with E-state index in [4.69, 9.17) is 4.98 Å². The van der Waals surface area contributed by atoms with E-state index in [-0.39, 0.29) is 12.4 Å². The molecule has 0 aliphatic carbocycles. The van der Waals surface area contributed by atoms with Gasteiger partial charge in [-0.25, -0.2) is 4.98 Å². The zero-order valence-electron chi connectivity index (χ0n) is 13.1. The van der Waals surface area contributed by atoms with E-state index in [1.807, 2.05) is 18.5 Å². The van der Waals surface area contributed by atoms with Crippen LogP contribution in [0, 0.1) is 0 Å². The molecule has 0 amide bonds. The Morgan fingerprint density at radius 1 is 1.29 bits per heavy atom. The minimum Gasteiger partial charge on any atom is -0.314 e. The summed E-state index contributed by atoms with van der Waals surface area (Å²) in [5.74, 6) is 0. The Kier molecular flexibility index (Phi) is 5.97. The van der Waals surface area contributed by atoms with Gasteiger partial charge in [-0.15, -0.1) is 23.7 Å². The van der Waals surface area contributed by atoms with Gasteiger partial charge in [-0.1, -0.05) is 6.07 Å². The Balaban J connectivity index is 0.00000169. The summed E-state index contributed by atoms with van der Waals surface area (Å²) in [5.41, 5.74) is 3.66. The van der Waals surface area contributed by atoms with Crippen molar-refractivity contribution < 1.29 is 0 Å². The third-order valence-corrected chi connectivity index (χ3v) is 5.73. The molecule has 0 saturated carbocycles. The Labute approximate surface area is 156 Å². The molecule has 1 aliphatic heterocycles. The molecule has 1 fully saturated rings. The van der Waals surface area contributed by atoms with Gasteiger partial charge in [-0.2, -0.15) is 11.3 Å². The molecule has 0 aromatic carbocycles. The van der Waals surface area contributed by atoms with Gasteiger partial charge in [0.25, 0.3) is 0 Å². The molecule has 1 unspecified atom stereocenters. The number of thiazole rings is 1. The summed E-state index contributed by atoms with van der Waals surface area (Å²) in [6, 6.07) is 6.68. The highest BCUT2D eigenvalue weighted by molar-refractivity contribution is 7.14. The Morgan fingerprint density at radius 2 is 2.25 bits per heavy atom. The van der Waals surface area contributed by atoms with Crippen molar-refractivity contribution in [1.82, 2.24) is 20.2 Å². The zero-order chi connectivity index (χ0) is 15.5. The van der Waals surface area contributed by atoms with Crippen LogP contribution in [0.2, 0.25) is 0 Å². The maximum atomic E-state index is 4.82. The molecule has 4 heterocycles. The molecule has 1 N–H and O–H groups in total. The fourth-order valence-corrected chi connectivity index (χ4v) is 4.47. The average Bonchev–Trinajstić information content (AvgIpc) is 3.27. The SMILES string of the molecule is Cl.c1cncc(C2CNCCN2Cc2csc(-c3ccsc3)n2)c1. The number of nitrogens with zero attached hydrogens (tertiary/aromatic N) is 3. The second-order valence-electron chi connectivity index (χ2n) is 5.63. The standard InChI is InChI=1S/C17H18N4S2.ClH/c1-2-13(8-18-4-1)16-9-19-5-6-21(16)10-15-12-23-17(20-15)14-3-7-22-11-14;/h1-4,7-8,11-12,16,19H,5-6,9-10H2;1H. The maximum Gasteiger partial charge on any atom is 0.124 e. The summed E-state index contributed by atoms with van der Waals surface area (Å²) >= 11 is 3.45. The molecule has 4 rings (SSSR count). The number of halogens is 1. The van der Waals surface area contributed by atoms with Gasteiger partial charge in [-0.05, 0) is 23.1 Å². The van der Waals surface area contributed by atoms with Gasteiger partial charge in [-0.3, -0.25) is 9.88 Å². The average molecular weight is 379 g/mol. The highest BCUT2D eigenvalue weighted by Gasteiger charge is 2.24. The molecular formula is C17H19ClN4S2. The quantitative estimate of drug-likeness (QED) is 0.749. The molecule has 3 aromatic rings. The van der Waals surface area contributed by atoms with Gasteiger partial charge in [0.05, 0.1) is 5.69 Å². The van der Waals surface area contributed by atoms with Crippen LogP contribution in [0.1, 0.15) is 17.3 Å². The number of nitrogens with one attached hydrogen (secondary N) is 1. The maximum absolute atomic E-state index is 4.82. The van der Waals surface area contributed by atoms with E-state index in [1.165, 1.54) is 11.1 Å². The van der Waals surface area contributed by atoms with Crippen LogP contribution in [0.3, 0.4) is 0 Å². The number of piperazine rings is 1. The van der Waals surface area contributed by atoms with Crippen molar-refractivity contribution in [2.45, 2.75) is 12.6 Å². The van der Waals surface area contributed by atoms with Crippen LogP contribution < -0.4 is 5.32 Å². The first-order valence-corrected chi connectivity index (χ1v) is 9.54. The smallest absolute Gasteiger partial charge is 0.124 e. The van der Waals surface area contributed by atoms with E-state index in [0.29, 0.717) is 6.04 Å². The fourth-order valence-electron chi connectivity index (χ4n) is 2.94. The monoisotopic (exact) mass is 378 g/mol. The zero-order valence-corrected chi connectivity index (χ0v) is 15.5. The molecule has 3 aromatic heterocycles. The Hall–Kier alpha value is -1.31. The van der Waals surface area contributed by atoms with E-state index in [9.17, 15) is 0 Å². The summed E-state index contributed by atoms with van der Waals surface area (Å²) in [5, 5.41) is 11.1. The number of pyridine rings is 1. The van der Waals surface area contributed by atoms with Gasteiger partial charge in [0.1, 0.15) is 5.01 Å². The van der Waals surface area contributed by atoms with Crippen LogP contribution in [0.25, 0.3) is 10.6 Å². The van der Waals surface area contributed by atoms with Gasteiger partial charge < -0.3 is 5.32 Å². The first-order valence-electron chi connectivity index (χ1n) is 7.72. The summed E-state index contributed by atoms with van der Waals surface area (Å²) < 4.78 is 0. The van der Waals surface area contributed by atoms with Crippen molar-refractivity contribution >= 4 is 35.1 Å². The van der Waals surface area contributed by atoms with Crippen molar-refractivity contribution in [3.05, 3.63) is 58.0 Å². The Morgan fingerprint density at radius 3 is 3.04 bits per heavy atom. The predicted octanol–water partition coefficient (Wildman–Crippen LogP) is 3.83. The lowest BCUT2D eigenvalue weighted by Gasteiger charge is -2.35. The van der Waals surface area contributed by atoms with Gasteiger partial charge >= 0.3 is 0 Å². The van der Waals surface area contributed by atoms with Crippen molar-refractivity contribution in [2.75, 3.05) is 19.6 Å². The number of hydrogen-bond acceptors (Lipinski definition) is 6. The van der Waals surface area contributed by atoms with Crippen LogP contribution in [0.4, 0.5) is 0 Å². The first-order chi connectivity index (χ1) is 11.4. The van der Waals surface area contributed by atoms with E-state index >= 15 is 0 Å². The summed E-state index contributed by atoms with van der Waals surface area (Å²) in [4.78, 5) is 11.6. The van der Waals surface area contributed by atoms with Crippen LogP contribution in [0.15, 0.2) is 46.7 Å². The molecule has 24 heavy (non-hydrogen) atoms. The lowest BCUT2D eigenvalue weighted by molar-refractivity contribution is 0.152. The second kappa shape index (κ2) is 8.18. The minimum atomic E-state index is 0. The second-order valence-corrected chi connectivity index (χ2v) is 7.27. The molecule has 0 radical (unpaired) electrons. The van der Waals surface area contributed by atoms with E-state index in [1.54, 1.807) is 22.7 Å². The molecule has 0 bridgehead atoms. The number of rotatable bonds is 4. The van der Waals surface area contributed by atoms with E-state index in [0.717, 1.165) is 36.9 Å². The molecule has 0 spiro atoms. The predicted molar refractivity (Wildman–Crippen MR) is 103 cm³/mol. The third kappa shape index (κ3) is 3.84. The lowest BCUT2D eigenvalue weighted by atomic mass is 10.1. The molecule has 1 aliphatic rings. The molecule has 126 valence electrons. The fraction of sp³-hybridized carbons (Fsp3) is 0.294. The minimum absolute atomic E-state index is 0.